The van der Waals surface area contributed by atoms with Crippen molar-refractivity contribution in [2.24, 2.45) is 5.92 Å². The molecule has 0 radical (unpaired) electrons. The zero-order valence-electron chi connectivity index (χ0n) is 16.4. The van der Waals surface area contributed by atoms with Gasteiger partial charge >= 0.3 is 5.97 Å². The fourth-order valence-electron chi connectivity index (χ4n) is 3.06. The second kappa shape index (κ2) is 11.1. The van der Waals surface area contributed by atoms with Crippen molar-refractivity contribution in [3.8, 4) is 11.5 Å². The zero-order valence-corrected chi connectivity index (χ0v) is 16.4. The molecule has 1 fully saturated rings. The van der Waals surface area contributed by atoms with Gasteiger partial charge < -0.3 is 14.2 Å². The number of hydrogen-bond donors (Lipinski definition) is 1. The molecule has 2 amide bonds. The van der Waals surface area contributed by atoms with E-state index in [-0.39, 0.29) is 18.4 Å². The van der Waals surface area contributed by atoms with Crippen molar-refractivity contribution in [2.75, 3.05) is 20.3 Å². The number of nitrogens with one attached hydrogen (secondary N) is 1. The Labute approximate surface area is 165 Å². The molecule has 1 aliphatic rings. The fourth-order valence-corrected chi connectivity index (χ4v) is 3.06. The van der Waals surface area contributed by atoms with E-state index in [1.54, 1.807) is 12.1 Å². The number of rotatable bonds is 8. The van der Waals surface area contributed by atoms with Crippen molar-refractivity contribution in [2.45, 2.75) is 39.0 Å². The van der Waals surface area contributed by atoms with Gasteiger partial charge in [0.2, 0.25) is 5.91 Å². The van der Waals surface area contributed by atoms with E-state index in [1.165, 1.54) is 7.11 Å². The molecule has 1 N–H and O–H groups in total. The van der Waals surface area contributed by atoms with Crippen molar-refractivity contribution < 1.29 is 28.6 Å². The maximum atomic E-state index is 12.0. The smallest absolute Gasteiger partial charge is 0.344 e. The molecule has 0 saturated heterocycles. The third kappa shape index (κ3) is 6.72. The molecule has 28 heavy (non-hydrogen) atoms. The van der Waals surface area contributed by atoms with Crippen LogP contribution in [0.25, 0.3) is 6.08 Å². The number of methoxy groups -OCH3 is 1. The molecular formula is C21H27NO6. The van der Waals surface area contributed by atoms with Gasteiger partial charge in [0.15, 0.2) is 24.7 Å². The molecule has 1 saturated carbocycles. The first-order valence-electron chi connectivity index (χ1n) is 9.46. The van der Waals surface area contributed by atoms with Crippen LogP contribution >= 0.6 is 0 Å². The van der Waals surface area contributed by atoms with Crippen LogP contribution in [0, 0.1) is 5.92 Å². The van der Waals surface area contributed by atoms with Gasteiger partial charge in [0, 0.05) is 5.92 Å². The maximum absolute atomic E-state index is 12.0. The Bertz CT molecular complexity index is 722. The Morgan fingerprint density at radius 3 is 2.54 bits per heavy atom. The Morgan fingerprint density at radius 2 is 1.86 bits per heavy atom. The van der Waals surface area contributed by atoms with E-state index < -0.39 is 18.5 Å². The average Bonchev–Trinajstić information content (AvgIpc) is 2.72. The van der Waals surface area contributed by atoms with Crippen LogP contribution in [0.2, 0.25) is 0 Å². The van der Waals surface area contributed by atoms with Crippen LogP contribution in [-0.2, 0) is 19.1 Å². The molecule has 0 aliphatic heterocycles. The predicted molar refractivity (Wildman–Crippen MR) is 104 cm³/mol. The summed E-state index contributed by atoms with van der Waals surface area (Å²) in [5, 5.41) is 2.29. The Morgan fingerprint density at radius 1 is 1.11 bits per heavy atom. The molecule has 7 nitrogen and oxygen atoms in total. The van der Waals surface area contributed by atoms with Gasteiger partial charge in [0.05, 0.1) is 7.11 Å². The van der Waals surface area contributed by atoms with E-state index >= 15 is 0 Å². The van der Waals surface area contributed by atoms with Gasteiger partial charge in [-0.3, -0.25) is 14.9 Å². The summed E-state index contributed by atoms with van der Waals surface area (Å²) in [4.78, 5) is 35.6. The number of ether oxygens (including phenoxy) is 3. The van der Waals surface area contributed by atoms with Crippen molar-refractivity contribution in [1.29, 1.82) is 0 Å². The molecule has 152 valence electrons. The summed E-state index contributed by atoms with van der Waals surface area (Å²) in [7, 11) is 1.51. The summed E-state index contributed by atoms with van der Waals surface area (Å²) >= 11 is 0. The van der Waals surface area contributed by atoms with Crippen LogP contribution in [0.4, 0.5) is 0 Å². The normalized spacial score (nSPS) is 14.5. The Balaban J connectivity index is 1.75. The molecular weight excluding hydrogens is 362 g/mol. The van der Waals surface area contributed by atoms with Crippen molar-refractivity contribution in [1.82, 2.24) is 5.32 Å². The van der Waals surface area contributed by atoms with Crippen LogP contribution in [0.1, 0.15) is 44.6 Å². The van der Waals surface area contributed by atoms with Gasteiger partial charge in [-0.05, 0) is 37.5 Å². The highest BCUT2D eigenvalue weighted by Gasteiger charge is 2.23. The second-order valence-corrected chi connectivity index (χ2v) is 6.61. The lowest BCUT2D eigenvalue weighted by atomic mass is 9.89. The van der Waals surface area contributed by atoms with Gasteiger partial charge in [-0.2, -0.15) is 0 Å². The summed E-state index contributed by atoms with van der Waals surface area (Å²) in [6.45, 7) is 1.02. The van der Waals surface area contributed by atoms with Crippen LogP contribution in [-0.4, -0.2) is 38.1 Å². The first kappa shape index (κ1) is 21.5. The second-order valence-electron chi connectivity index (χ2n) is 6.61. The maximum Gasteiger partial charge on any atom is 0.344 e. The van der Waals surface area contributed by atoms with E-state index in [0.29, 0.717) is 11.5 Å². The molecule has 1 aliphatic carbocycles. The third-order valence-electron chi connectivity index (χ3n) is 4.50. The first-order valence-corrected chi connectivity index (χ1v) is 9.46. The molecule has 1 aromatic carbocycles. The Hall–Kier alpha value is -2.83. The minimum atomic E-state index is -0.708. The largest absolute Gasteiger partial charge is 0.493 e. The van der Waals surface area contributed by atoms with Gasteiger partial charge in [-0.15, -0.1) is 0 Å². The van der Waals surface area contributed by atoms with Crippen LogP contribution in [0.15, 0.2) is 24.3 Å². The number of imide groups is 1. The quantitative estimate of drug-likeness (QED) is 0.688. The molecule has 2 rings (SSSR count). The standard InChI is InChI=1S/C21H27NO6/c1-3-7-15-10-11-17(18(12-15)26-2)27-14-20(24)28-13-19(23)22-21(25)16-8-5-4-6-9-16/h3,7,10-12,16H,4-6,8-9,13-14H2,1-2H3,(H,22,23,25)/b7-3+. The van der Waals surface area contributed by atoms with E-state index in [0.717, 1.165) is 37.7 Å². The molecule has 0 unspecified atom stereocenters. The first-order chi connectivity index (χ1) is 13.5. The highest BCUT2D eigenvalue weighted by molar-refractivity contribution is 5.97. The van der Waals surface area contributed by atoms with Crippen LogP contribution in [0.3, 0.4) is 0 Å². The number of amides is 2. The fraction of sp³-hybridized carbons (Fsp3) is 0.476. The molecule has 0 spiro atoms. The number of carbonyl (C=O) groups excluding carboxylic acids is 3. The summed E-state index contributed by atoms with van der Waals surface area (Å²) in [5.41, 5.74) is 0.939. The average molecular weight is 389 g/mol. The summed E-state index contributed by atoms with van der Waals surface area (Å²) in [6, 6.07) is 5.30. The van der Waals surface area contributed by atoms with Crippen LogP contribution < -0.4 is 14.8 Å². The van der Waals surface area contributed by atoms with Crippen molar-refractivity contribution in [3.63, 3.8) is 0 Å². The zero-order chi connectivity index (χ0) is 20.4. The number of allylic oxidation sites excluding steroid dienone is 1. The van der Waals surface area contributed by atoms with E-state index in [2.05, 4.69) is 5.32 Å². The summed E-state index contributed by atoms with van der Waals surface area (Å²) < 4.78 is 15.5. The van der Waals surface area contributed by atoms with E-state index in [4.69, 9.17) is 14.2 Å². The van der Waals surface area contributed by atoms with Gasteiger partial charge in [-0.1, -0.05) is 37.5 Å². The lowest BCUT2D eigenvalue weighted by Gasteiger charge is -2.20. The molecule has 0 heterocycles. The molecule has 0 bridgehead atoms. The summed E-state index contributed by atoms with van der Waals surface area (Å²) in [5.74, 6) is -0.876. The molecule has 0 aromatic heterocycles. The lowest BCUT2D eigenvalue weighted by molar-refractivity contribution is -0.151. The highest BCUT2D eigenvalue weighted by atomic mass is 16.6. The molecule has 0 atom stereocenters. The minimum absolute atomic E-state index is 0.130. The lowest BCUT2D eigenvalue weighted by Crippen LogP contribution is -2.39. The van der Waals surface area contributed by atoms with Gasteiger partial charge in [-0.25, -0.2) is 4.79 Å². The SMILES string of the molecule is C/C=C/c1ccc(OCC(=O)OCC(=O)NC(=O)C2CCCCC2)c(OC)c1. The predicted octanol–water partition coefficient (Wildman–Crippen LogP) is 2.87. The monoisotopic (exact) mass is 389 g/mol. The minimum Gasteiger partial charge on any atom is -0.493 e. The van der Waals surface area contributed by atoms with Crippen molar-refractivity contribution >= 4 is 23.9 Å². The van der Waals surface area contributed by atoms with E-state index in [9.17, 15) is 14.4 Å². The molecule has 7 heteroatoms. The topological polar surface area (TPSA) is 90.9 Å². The van der Waals surface area contributed by atoms with E-state index in [1.807, 2.05) is 25.1 Å². The number of benzene rings is 1. The van der Waals surface area contributed by atoms with Crippen molar-refractivity contribution in [3.05, 3.63) is 29.8 Å². The van der Waals surface area contributed by atoms with Gasteiger partial charge in [0.1, 0.15) is 0 Å². The third-order valence-corrected chi connectivity index (χ3v) is 4.50. The summed E-state index contributed by atoms with van der Waals surface area (Å²) in [6.07, 6.45) is 8.51. The number of esters is 1. The number of carbonyl (C=O) groups is 3. The molecule has 1 aromatic rings. The van der Waals surface area contributed by atoms with Crippen LogP contribution in [0.5, 0.6) is 11.5 Å². The Kier molecular flexibility index (Phi) is 8.52. The van der Waals surface area contributed by atoms with Gasteiger partial charge in [0.25, 0.3) is 5.91 Å². The number of hydrogen-bond acceptors (Lipinski definition) is 6. The highest BCUT2D eigenvalue weighted by Crippen LogP contribution is 2.28.